The molecule has 0 heterocycles. The summed E-state index contributed by atoms with van der Waals surface area (Å²) in [7, 11) is 0. The summed E-state index contributed by atoms with van der Waals surface area (Å²) in [6.45, 7) is 13.4. The molecule has 0 fully saturated rings. The minimum atomic E-state index is 0.784. The molecule has 3 heteroatoms. The van der Waals surface area contributed by atoms with Gasteiger partial charge in [0.15, 0.2) is 0 Å². The molecule has 49 heavy (non-hydrogen) atoms. The molecule has 0 bridgehead atoms. The predicted octanol–water partition coefficient (Wildman–Crippen LogP) is 14.4. The Hall–Kier alpha value is -2.44. The first-order chi connectivity index (χ1) is 24.1. The van der Waals surface area contributed by atoms with Crippen LogP contribution in [0.2, 0.25) is 9.79 Å². The van der Waals surface area contributed by atoms with Crippen LogP contribution in [0, 0.1) is 11.8 Å². The van der Waals surface area contributed by atoms with E-state index in [1.54, 1.807) is 0 Å². The van der Waals surface area contributed by atoms with Gasteiger partial charge in [0.1, 0.15) is 0 Å². The Kier molecular flexibility index (Phi) is 28.7. The molecule has 0 aliphatic rings. The van der Waals surface area contributed by atoms with Crippen LogP contribution in [0.1, 0.15) is 179 Å². The van der Waals surface area contributed by atoms with E-state index in [9.17, 15) is 5.53 Å². The van der Waals surface area contributed by atoms with Gasteiger partial charge in [0.25, 0.3) is 0 Å². The van der Waals surface area contributed by atoms with Gasteiger partial charge in [0.2, 0.25) is 0 Å². The van der Waals surface area contributed by atoms with E-state index in [0.717, 1.165) is 97.2 Å². The minimum absolute atomic E-state index is 0.784. The molecule has 0 N–H and O–H groups in total. The zero-order chi connectivity index (χ0) is 35.8. The van der Waals surface area contributed by atoms with Crippen LogP contribution in [0.3, 0.4) is 0 Å². The zero-order valence-corrected chi connectivity index (χ0v) is 33.9. The third kappa shape index (κ3) is 20.7. The van der Waals surface area contributed by atoms with Crippen molar-refractivity contribution in [3.05, 3.63) is 87.5 Å². The molecule has 0 aliphatic heterocycles. The van der Waals surface area contributed by atoms with Crippen LogP contribution in [0.4, 0.5) is 0 Å². The molecule has 0 amide bonds. The van der Waals surface area contributed by atoms with Gasteiger partial charge in [-0.25, -0.2) is 0 Å². The number of rotatable bonds is 24. The monoisotopic (exact) mass is 756 g/mol. The normalized spacial score (nSPS) is 11.1. The van der Waals surface area contributed by atoms with Gasteiger partial charge in [0, 0.05) is 12.0 Å². The molecule has 2 rings (SSSR count). The van der Waals surface area contributed by atoms with Gasteiger partial charge in [-0.15, -0.1) is 4.79 Å². The number of nitrogens with zero attached hydrogens (tertiary/aromatic N) is 2. The van der Waals surface area contributed by atoms with Crippen molar-refractivity contribution in [3.63, 3.8) is 0 Å². The molecule has 274 valence electrons. The Bertz CT molecular complexity index is 1270. The summed E-state index contributed by atoms with van der Waals surface area (Å²) in [5, 5.41) is 0. The van der Waals surface area contributed by atoms with Gasteiger partial charge in [-0.2, -0.15) is 0 Å². The van der Waals surface area contributed by atoms with Crippen LogP contribution in [-0.4, -0.2) is 10.7 Å². The molecule has 2 nitrogen and oxygen atoms in total. The Labute approximate surface area is 311 Å². The van der Waals surface area contributed by atoms with E-state index in [0.29, 0.717) is 0 Å². The molecule has 0 spiro atoms. The Morgan fingerprint density at radius 3 is 1.55 bits per heavy atom. The Morgan fingerprint density at radius 1 is 0.571 bits per heavy atom. The molecular weight excluding hydrogens is 687 g/mol. The van der Waals surface area contributed by atoms with Crippen molar-refractivity contribution in [2.24, 2.45) is 0 Å². The van der Waals surface area contributed by atoms with E-state index in [-0.39, 0.29) is 0 Å². The molecule has 2 aromatic carbocycles. The van der Waals surface area contributed by atoms with E-state index in [4.69, 9.17) is 0 Å². The summed E-state index contributed by atoms with van der Waals surface area (Å²) in [6.07, 6.45) is 24.2. The average molecular weight is 757 g/mol. The van der Waals surface area contributed by atoms with Crippen molar-refractivity contribution >= 4 is 11.4 Å². The maximum absolute atomic E-state index is 9.52. The summed E-state index contributed by atoms with van der Waals surface area (Å²) < 4.78 is 0. The van der Waals surface area contributed by atoms with E-state index >= 15 is 0 Å². The third-order valence-corrected chi connectivity index (χ3v) is 10.9. The standard InChI is InChI=1S/C36H48N2.2C5H11.Pd/c1-5-9-13-15-18-31-23-27-33(28-24-31)36(32-25-21-30(22-26-32)17-11-7-3)35(20-16-14-10-6-2)34(29-38-37)19-12-8-4;2*1-3-5-4-2;/h21-28H,5-15,17-19H2,1-4H3;2*1,3-5H2,2H3;. The number of benzene rings is 2. The molecule has 0 atom stereocenters. The fourth-order valence-corrected chi connectivity index (χ4v) is 7.46. The number of hydrogen-bond acceptors (Lipinski definition) is 0. The van der Waals surface area contributed by atoms with Crippen LogP contribution in [-0.2, 0) is 30.8 Å². The zero-order valence-electron chi connectivity index (χ0n) is 32.4. The number of aryl methyl sites for hydroxylation is 2. The fraction of sp³-hybridized carbons (Fsp3) is 0.609. The van der Waals surface area contributed by atoms with Crippen molar-refractivity contribution in [3.8, 4) is 11.8 Å². The number of hydrogen-bond donors (Lipinski definition) is 0. The summed E-state index contributed by atoms with van der Waals surface area (Å²) in [5.74, 6) is 9.84. The number of unbranched alkanes of at least 4 members (excludes halogenated alkanes) is 11. The van der Waals surface area contributed by atoms with Crippen molar-refractivity contribution in [2.45, 2.75) is 180 Å². The van der Waals surface area contributed by atoms with Crippen molar-refractivity contribution in [2.75, 3.05) is 0 Å². The Morgan fingerprint density at radius 2 is 1.06 bits per heavy atom. The first-order valence-electron chi connectivity index (χ1n) is 19.9. The molecule has 0 saturated carbocycles. The van der Waals surface area contributed by atoms with Crippen LogP contribution in [0.15, 0.2) is 59.7 Å². The van der Waals surface area contributed by atoms with Gasteiger partial charge in [-0.3, -0.25) is 0 Å². The topological polar surface area (TPSA) is 36.4 Å². The summed E-state index contributed by atoms with van der Waals surface area (Å²) in [6, 6.07) is 18.0. The summed E-state index contributed by atoms with van der Waals surface area (Å²) in [4.78, 5) is 6.39. The third-order valence-electron chi connectivity index (χ3n) is 8.66. The Balaban J connectivity index is 0.000000933. The van der Waals surface area contributed by atoms with Crippen molar-refractivity contribution in [1.82, 2.24) is 0 Å². The second-order valence-electron chi connectivity index (χ2n) is 13.1. The van der Waals surface area contributed by atoms with Crippen LogP contribution in [0.25, 0.3) is 11.1 Å². The molecule has 0 aliphatic carbocycles. The quantitative estimate of drug-likeness (QED) is 0.0195. The number of allylic oxidation sites excluding steroid dienone is 2. The molecular formula is C46H70N2Pd. The van der Waals surface area contributed by atoms with Crippen LogP contribution in [0.5, 0.6) is 0 Å². The van der Waals surface area contributed by atoms with Crippen molar-refractivity contribution in [1.29, 1.82) is 0 Å². The molecule has 0 saturated heterocycles. The molecule has 0 unspecified atom stereocenters. The maximum atomic E-state index is 9.52. The van der Waals surface area contributed by atoms with Gasteiger partial charge >= 0.3 is 86.0 Å². The summed E-state index contributed by atoms with van der Waals surface area (Å²) >= 11 is 1.08. The van der Waals surface area contributed by atoms with Gasteiger partial charge in [-0.1, -0.05) is 127 Å². The fourth-order valence-electron chi connectivity index (χ4n) is 5.52. The second kappa shape index (κ2) is 31.5. The van der Waals surface area contributed by atoms with Crippen LogP contribution >= 0.6 is 0 Å². The second-order valence-corrected chi connectivity index (χ2v) is 15.5. The molecule has 2 aromatic rings. The van der Waals surface area contributed by atoms with Gasteiger partial charge in [0.05, 0.1) is 11.1 Å². The average Bonchev–Trinajstić information content (AvgIpc) is 3.13. The predicted molar refractivity (Wildman–Crippen MR) is 213 cm³/mol. The first-order valence-corrected chi connectivity index (χ1v) is 22.1. The van der Waals surface area contributed by atoms with E-state index in [2.05, 4.69) is 113 Å². The van der Waals surface area contributed by atoms with Crippen LogP contribution < -0.4 is 0 Å². The first kappa shape index (κ1) is 44.6. The molecule has 0 aromatic heterocycles. The summed E-state index contributed by atoms with van der Waals surface area (Å²) in [5.41, 5.74) is 17.5. The molecule has 0 radical (unpaired) electrons. The van der Waals surface area contributed by atoms with E-state index in [1.807, 2.05) is 0 Å². The van der Waals surface area contributed by atoms with Crippen molar-refractivity contribution < 1.29 is 22.8 Å². The van der Waals surface area contributed by atoms with E-state index in [1.165, 1.54) is 98.0 Å². The SMILES string of the molecule is CCCCC#CC(C(=C=[N+]=[N-])CCCC)=C(c1ccc(CCCC)cc1)c1ccc(CCCCCC)cc1.CCCC[CH2][Pd][CH2]CCCC. The van der Waals surface area contributed by atoms with Gasteiger partial charge in [-0.05, 0) is 67.2 Å². The van der Waals surface area contributed by atoms with Gasteiger partial charge < -0.3 is 5.53 Å². The van der Waals surface area contributed by atoms with E-state index < -0.39 is 0 Å².